The lowest BCUT2D eigenvalue weighted by Gasteiger charge is -2.21. The summed E-state index contributed by atoms with van der Waals surface area (Å²) in [6, 6.07) is 36.4. The summed E-state index contributed by atoms with van der Waals surface area (Å²) in [6.45, 7) is 10.9. The lowest BCUT2D eigenvalue weighted by atomic mass is 10.0. The average Bonchev–Trinajstić information content (AvgIpc) is 3.73. The zero-order valence-corrected chi connectivity index (χ0v) is 36.3. The van der Waals surface area contributed by atoms with Crippen molar-refractivity contribution >= 4 is 40.9 Å². The quantitative estimate of drug-likeness (QED) is 0.0989. The Balaban J connectivity index is 0.000000319. The van der Waals surface area contributed by atoms with Gasteiger partial charge in [0.2, 0.25) is 17.7 Å². The number of hydrogen-bond donors (Lipinski definition) is 5. The predicted molar refractivity (Wildman–Crippen MR) is 241 cm³/mol. The number of terminal acetylenes is 1. The van der Waals surface area contributed by atoms with Crippen LogP contribution in [0, 0.1) is 33.6 Å². The van der Waals surface area contributed by atoms with Crippen LogP contribution >= 0.6 is 11.3 Å². The fourth-order valence-electron chi connectivity index (χ4n) is 4.96. The van der Waals surface area contributed by atoms with Gasteiger partial charge in [0.15, 0.2) is 6.61 Å². The third kappa shape index (κ3) is 22.2. The number of carbonyl (C=O) groups is 5. The molecule has 0 unspecified atom stereocenters. The third-order valence-corrected chi connectivity index (χ3v) is 8.77. The van der Waals surface area contributed by atoms with Crippen LogP contribution < -0.4 is 30.7 Å². The lowest BCUT2D eigenvalue weighted by molar-refractivity contribution is -0.141. The first-order valence-corrected chi connectivity index (χ1v) is 20.2. The second-order valence-corrected chi connectivity index (χ2v) is 15.6. The molecule has 2 aliphatic rings. The van der Waals surface area contributed by atoms with Crippen LogP contribution in [0.1, 0.15) is 42.3 Å². The van der Waals surface area contributed by atoms with E-state index in [2.05, 4.69) is 133 Å². The highest BCUT2D eigenvalue weighted by Gasteiger charge is 2.21. The Bertz CT molecular complexity index is 2100. The van der Waals surface area contributed by atoms with Crippen molar-refractivity contribution in [2.75, 3.05) is 26.2 Å². The van der Waals surface area contributed by atoms with Crippen LogP contribution in [0.15, 0.2) is 121 Å². The number of fused-ring (bicyclic) bond motifs is 16. The number of carbonyl (C=O) groups excluding carboxylic acids is 4. The molecule has 61 heavy (non-hydrogen) atoms. The molecular formula is C48H56N4O8S. The standard InChI is InChI=1S/C17H20N4O7.C13H12.C11H16O.C5H6S.C2H2/c22-13-6-18-14(23)7-20-16(25)9-28-11-3-1-10(2-4-11)5-12(17(26)27)21-15(24)8-19-13;1-11-7-9-13(10-8-11)12-5-3-2-4-6-12;1-9-5-7-10(8-6-9)12-11(2,3)4;1-5-3-2-4-6-5;1-2/h1-4,12H,5-9H2,(H,18,23)(H,19,22)(H,20,25)(H,21,24)(H,26,27);2-10H,1H3;5-8H,1-4H3;2-4H,1H3;1-2H/t12-;;;;/m0..../s1. The van der Waals surface area contributed by atoms with E-state index in [0.717, 1.165) is 5.75 Å². The monoisotopic (exact) mass is 848 g/mol. The Hall–Kier alpha value is -6.91. The van der Waals surface area contributed by atoms with E-state index in [9.17, 15) is 29.1 Å². The second kappa shape index (κ2) is 27.0. The van der Waals surface area contributed by atoms with Gasteiger partial charge in [0.1, 0.15) is 23.1 Å². The summed E-state index contributed by atoms with van der Waals surface area (Å²) < 4.78 is 10.9. The molecule has 2 aliphatic heterocycles. The van der Waals surface area contributed by atoms with E-state index in [0.29, 0.717) is 11.3 Å². The molecule has 5 N–H and O–H groups in total. The molecule has 4 amide bonds. The van der Waals surface area contributed by atoms with Crippen molar-refractivity contribution in [3.63, 3.8) is 0 Å². The number of benzene rings is 4. The van der Waals surface area contributed by atoms with Crippen molar-refractivity contribution in [1.29, 1.82) is 0 Å². The van der Waals surface area contributed by atoms with Crippen LogP contribution in [-0.2, 0) is 30.4 Å². The maximum atomic E-state index is 11.9. The number of aliphatic carboxylic acids is 1. The second-order valence-electron chi connectivity index (χ2n) is 14.4. The first kappa shape index (κ1) is 50.2. The number of ether oxygens (including phenoxy) is 2. The van der Waals surface area contributed by atoms with Crippen LogP contribution in [0.4, 0.5) is 0 Å². The summed E-state index contributed by atoms with van der Waals surface area (Å²) in [5, 5.41) is 20.6. The van der Waals surface area contributed by atoms with Gasteiger partial charge in [0.25, 0.3) is 5.91 Å². The normalized spacial score (nSPS) is 14.3. The van der Waals surface area contributed by atoms with Crippen LogP contribution in [-0.4, -0.2) is 72.6 Å². The Morgan fingerprint density at radius 3 is 1.66 bits per heavy atom. The Labute approximate surface area is 363 Å². The number of carboxylic acid groups (broad SMARTS) is 1. The van der Waals surface area contributed by atoms with Gasteiger partial charge in [-0.25, -0.2) is 4.79 Å². The largest absolute Gasteiger partial charge is 0.488 e. The minimum atomic E-state index is -1.23. The summed E-state index contributed by atoms with van der Waals surface area (Å²) in [7, 11) is 0. The average molecular weight is 849 g/mol. The first-order chi connectivity index (χ1) is 29.1. The molecule has 13 heteroatoms. The van der Waals surface area contributed by atoms with E-state index in [4.69, 9.17) is 9.47 Å². The molecular weight excluding hydrogens is 793 g/mol. The molecule has 12 nitrogen and oxygen atoms in total. The highest BCUT2D eigenvalue weighted by molar-refractivity contribution is 7.09. The van der Waals surface area contributed by atoms with Gasteiger partial charge in [-0.2, -0.15) is 0 Å². The molecule has 4 aromatic carbocycles. The first-order valence-electron chi connectivity index (χ1n) is 19.3. The predicted octanol–water partition coefficient (Wildman–Crippen LogP) is 6.68. The lowest BCUT2D eigenvalue weighted by Crippen LogP contribution is -2.48. The molecule has 3 heterocycles. The number of hydrogen-bond acceptors (Lipinski definition) is 8. The molecule has 1 atom stereocenters. The summed E-state index contributed by atoms with van der Waals surface area (Å²) in [6.07, 6.45) is 8.02. The van der Waals surface area contributed by atoms with Crippen LogP contribution in [0.25, 0.3) is 11.1 Å². The molecule has 322 valence electrons. The smallest absolute Gasteiger partial charge is 0.326 e. The van der Waals surface area contributed by atoms with Crippen LogP contribution in [0.2, 0.25) is 0 Å². The molecule has 0 spiro atoms. The van der Waals surface area contributed by atoms with Gasteiger partial charge in [-0.15, -0.1) is 24.2 Å². The maximum Gasteiger partial charge on any atom is 0.326 e. The van der Waals surface area contributed by atoms with E-state index in [-0.39, 0.29) is 25.2 Å². The molecule has 0 aliphatic carbocycles. The molecule has 0 radical (unpaired) electrons. The molecule has 1 aromatic heterocycles. The number of carboxylic acids is 1. The van der Waals surface area contributed by atoms with E-state index in [1.807, 2.05) is 39.0 Å². The summed E-state index contributed by atoms with van der Waals surface area (Å²) in [5.74, 6) is -2.35. The summed E-state index contributed by atoms with van der Waals surface area (Å²) >= 11 is 1.78. The summed E-state index contributed by atoms with van der Waals surface area (Å²) in [5.41, 5.74) is 5.65. The van der Waals surface area contributed by atoms with E-state index in [1.54, 1.807) is 35.6 Å². The van der Waals surface area contributed by atoms with Gasteiger partial charge in [-0.3, -0.25) is 19.2 Å². The van der Waals surface area contributed by atoms with Crippen molar-refractivity contribution in [2.24, 2.45) is 0 Å². The zero-order chi connectivity index (χ0) is 45.2. The van der Waals surface area contributed by atoms with E-state index < -0.39 is 48.7 Å². The zero-order valence-electron chi connectivity index (χ0n) is 35.5. The Morgan fingerprint density at radius 1 is 0.672 bits per heavy atom. The fraction of sp³-hybridized carbons (Fsp3) is 0.271. The van der Waals surface area contributed by atoms with Gasteiger partial charge in [-0.1, -0.05) is 96.1 Å². The van der Waals surface area contributed by atoms with Gasteiger partial charge in [0.05, 0.1) is 19.6 Å². The fourth-order valence-corrected chi connectivity index (χ4v) is 5.49. The molecule has 0 saturated carbocycles. The maximum absolute atomic E-state index is 11.9. The van der Waals surface area contributed by atoms with Crippen molar-refractivity contribution in [1.82, 2.24) is 21.3 Å². The molecule has 0 fully saturated rings. The Morgan fingerprint density at radius 2 is 1.18 bits per heavy atom. The van der Waals surface area contributed by atoms with Gasteiger partial charge < -0.3 is 35.8 Å². The Kier molecular flexibility index (Phi) is 22.2. The van der Waals surface area contributed by atoms with Gasteiger partial charge in [-0.05, 0) is 93.9 Å². The minimum Gasteiger partial charge on any atom is -0.488 e. The topological polar surface area (TPSA) is 172 Å². The van der Waals surface area contributed by atoms with Gasteiger partial charge >= 0.3 is 5.97 Å². The molecule has 7 rings (SSSR count). The highest BCUT2D eigenvalue weighted by Crippen LogP contribution is 2.19. The third-order valence-electron chi connectivity index (χ3n) is 7.97. The molecule has 5 aromatic rings. The van der Waals surface area contributed by atoms with E-state index >= 15 is 0 Å². The number of thiophene rings is 1. The number of rotatable bonds is 3. The highest BCUT2D eigenvalue weighted by atomic mass is 32.1. The number of nitrogens with one attached hydrogen (secondary N) is 4. The summed E-state index contributed by atoms with van der Waals surface area (Å²) in [4.78, 5) is 59.6. The van der Waals surface area contributed by atoms with Crippen LogP contribution in [0.5, 0.6) is 11.5 Å². The van der Waals surface area contributed by atoms with Crippen LogP contribution in [0.3, 0.4) is 0 Å². The number of aryl methyl sites for hydroxylation is 3. The minimum absolute atomic E-state index is 0.0197. The van der Waals surface area contributed by atoms with Crippen molar-refractivity contribution in [3.05, 3.63) is 142 Å². The van der Waals surface area contributed by atoms with Crippen molar-refractivity contribution in [2.45, 2.75) is 59.6 Å². The SMILES string of the molecule is C#C.Cc1ccc(-c2ccccc2)cc1.Cc1ccc(OC(C)(C)C)cc1.Cc1cccs1.O=C1CNC(=O)COc2ccc(cc2)C[C@@H](C(=O)O)NC(=O)CNC(=O)CN1. The molecule has 2 bridgehead atoms. The number of amides is 4. The van der Waals surface area contributed by atoms with Gasteiger partial charge in [0, 0.05) is 11.3 Å². The molecule has 0 saturated heterocycles. The van der Waals surface area contributed by atoms with Crippen molar-refractivity contribution in [3.8, 4) is 35.5 Å². The van der Waals surface area contributed by atoms with E-state index in [1.165, 1.54) is 27.1 Å². The van der Waals surface area contributed by atoms with Crippen molar-refractivity contribution < 1.29 is 38.6 Å².